The molecule has 0 atom stereocenters. The van der Waals surface area contributed by atoms with E-state index >= 15 is 0 Å². The van der Waals surface area contributed by atoms with Gasteiger partial charge in [0, 0.05) is 6.54 Å². The molecule has 0 aliphatic carbocycles. The normalized spacial score (nSPS) is 10.9. The summed E-state index contributed by atoms with van der Waals surface area (Å²) in [4.78, 5) is 25.3. The van der Waals surface area contributed by atoms with Crippen LogP contribution in [0, 0.1) is 5.95 Å². The second kappa shape index (κ2) is 6.26. The molecule has 6 heteroatoms. The number of nitrogens with zero attached hydrogens (tertiary/aromatic N) is 1. The van der Waals surface area contributed by atoms with Crippen LogP contribution in [0.5, 0.6) is 0 Å². The fourth-order valence-electron chi connectivity index (χ4n) is 1.40. The van der Waals surface area contributed by atoms with Gasteiger partial charge in [-0.1, -0.05) is 0 Å². The van der Waals surface area contributed by atoms with Crippen LogP contribution in [0.15, 0.2) is 12.1 Å². The Hall–Kier alpha value is -1.98. The van der Waals surface area contributed by atoms with E-state index in [1.54, 1.807) is 20.8 Å². The van der Waals surface area contributed by atoms with Crippen molar-refractivity contribution in [2.24, 2.45) is 0 Å². The third-order valence-corrected chi connectivity index (χ3v) is 2.08. The smallest absolute Gasteiger partial charge is 0.407 e. The number of halogens is 1. The average molecular weight is 268 g/mol. The van der Waals surface area contributed by atoms with Crippen LogP contribution in [0.3, 0.4) is 0 Å². The number of pyridine rings is 1. The lowest BCUT2D eigenvalue weighted by Gasteiger charge is -2.19. The van der Waals surface area contributed by atoms with Crippen molar-refractivity contribution in [3.63, 3.8) is 0 Å². The molecule has 1 aromatic heterocycles. The Labute approximate surface area is 111 Å². The van der Waals surface area contributed by atoms with Gasteiger partial charge in [-0.15, -0.1) is 0 Å². The van der Waals surface area contributed by atoms with Crippen LogP contribution in [0.25, 0.3) is 0 Å². The Kier molecular flexibility index (Phi) is 4.97. The van der Waals surface area contributed by atoms with Gasteiger partial charge < -0.3 is 10.1 Å². The molecule has 0 radical (unpaired) electrons. The number of aromatic nitrogens is 1. The lowest BCUT2D eigenvalue weighted by atomic mass is 10.1. The molecule has 0 aliphatic rings. The summed E-state index contributed by atoms with van der Waals surface area (Å²) in [5.74, 6) is -0.711. The van der Waals surface area contributed by atoms with Gasteiger partial charge in [-0.25, -0.2) is 9.78 Å². The van der Waals surface area contributed by atoms with Gasteiger partial charge in [0.1, 0.15) is 11.3 Å². The Bertz CT molecular complexity index is 469. The van der Waals surface area contributed by atoms with E-state index in [4.69, 9.17) is 4.74 Å². The van der Waals surface area contributed by atoms with Crippen molar-refractivity contribution in [2.75, 3.05) is 6.54 Å². The number of hydrogen-bond acceptors (Lipinski definition) is 4. The van der Waals surface area contributed by atoms with E-state index in [1.165, 1.54) is 12.1 Å². The zero-order chi connectivity index (χ0) is 14.5. The topological polar surface area (TPSA) is 68.3 Å². The number of alkyl carbamates (subject to hydrolysis) is 1. The van der Waals surface area contributed by atoms with Gasteiger partial charge >= 0.3 is 6.09 Å². The second-order valence-corrected chi connectivity index (χ2v) is 5.02. The van der Waals surface area contributed by atoms with E-state index < -0.39 is 17.6 Å². The monoisotopic (exact) mass is 268 g/mol. The van der Waals surface area contributed by atoms with Gasteiger partial charge in [-0.2, -0.15) is 4.39 Å². The zero-order valence-electron chi connectivity index (χ0n) is 11.2. The van der Waals surface area contributed by atoms with Crippen molar-refractivity contribution < 1.29 is 18.7 Å². The van der Waals surface area contributed by atoms with E-state index in [2.05, 4.69) is 10.3 Å². The first kappa shape index (κ1) is 15.1. The van der Waals surface area contributed by atoms with Crippen molar-refractivity contribution in [3.05, 3.63) is 29.3 Å². The molecule has 0 saturated heterocycles. The molecule has 1 aromatic rings. The molecule has 0 unspecified atom stereocenters. The first-order chi connectivity index (χ1) is 8.80. The first-order valence-corrected chi connectivity index (χ1v) is 5.88. The lowest BCUT2D eigenvalue weighted by Crippen LogP contribution is -2.33. The number of aldehydes is 1. The average Bonchev–Trinajstić information content (AvgIpc) is 2.25. The van der Waals surface area contributed by atoms with Crippen LogP contribution in [-0.2, 0) is 11.2 Å². The Balaban J connectivity index is 2.47. The second-order valence-electron chi connectivity index (χ2n) is 5.02. The van der Waals surface area contributed by atoms with Crippen LogP contribution in [-0.4, -0.2) is 29.5 Å². The molecule has 0 fully saturated rings. The van der Waals surface area contributed by atoms with E-state index in [-0.39, 0.29) is 12.2 Å². The van der Waals surface area contributed by atoms with Crippen LogP contribution in [0.1, 0.15) is 36.8 Å². The summed E-state index contributed by atoms with van der Waals surface area (Å²) < 4.78 is 18.1. The summed E-state index contributed by atoms with van der Waals surface area (Å²) >= 11 is 0. The predicted molar refractivity (Wildman–Crippen MR) is 67.5 cm³/mol. The quantitative estimate of drug-likeness (QED) is 0.670. The summed E-state index contributed by atoms with van der Waals surface area (Å²) in [6, 6.07) is 2.70. The van der Waals surface area contributed by atoms with Crippen molar-refractivity contribution >= 4 is 12.4 Å². The third kappa shape index (κ3) is 5.94. The molecule has 0 spiro atoms. The van der Waals surface area contributed by atoms with Gasteiger partial charge in [-0.3, -0.25) is 4.79 Å². The zero-order valence-corrected chi connectivity index (χ0v) is 11.2. The minimum atomic E-state index is -0.711. The fourth-order valence-corrected chi connectivity index (χ4v) is 1.40. The van der Waals surface area contributed by atoms with Gasteiger partial charge in [0.25, 0.3) is 0 Å². The number of hydrogen-bond donors (Lipinski definition) is 1. The Morgan fingerprint density at radius 3 is 2.74 bits per heavy atom. The highest BCUT2D eigenvalue weighted by Crippen LogP contribution is 2.07. The van der Waals surface area contributed by atoms with Gasteiger partial charge in [0.05, 0.1) is 0 Å². The molecule has 1 N–H and O–H groups in total. The van der Waals surface area contributed by atoms with Gasteiger partial charge in [0.15, 0.2) is 6.29 Å². The standard InChI is InChI=1S/C13H17FN2O3/c1-13(2,3)19-12(18)15-5-4-9-6-10(8-17)16-11(14)7-9/h6-8H,4-5H2,1-3H3,(H,15,18). The lowest BCUT2D eigenvalue weighted by molar-refractivity contribution is 0.0528. The summed E-state index contributed by atoms with van der Waals surface area (Å²) in [5, 5.41) is 2.55. The molecule has 104 valence electrons. The van der Waals surface area contributed by atoms with Gasteiger partial charge in [0.2, 0.25) is 5.95 Å². The highest BCUT2D eigenvalue weighted by Gasteiger charge is 2.15. The maximum absolute atomic E-state index is 13.0. The van der Waals surface area contributed by atoms with E-state index in [0.717, 1.165) is 0 Å². The largest absolute Gasteiger partial charge is 0.444 e. The maximum Gasteiger partial charge on any atom is 0.407 e. The predicted octanol–water partition coefficient (Wildman–Crippen LogP) is 2.10. The fraction of sp³-hybridized carbons (Fsp3) is 0.462. The molecular weight excluding hydrogens is 251 g/mol. The number of carbonyl (C=O) groups excluding carboxylic acids is 2. The molecule has 1 amide bonds. The number of carbonyl (C=O) groups is 2. The van der Waals surface area contributed by atoms with Crippen molar-refractivity contribution in [1.82, 2.24) is 10.3 Å². The van der Waals surface area contributed by atoms with Crippen LogP contribution < -0.4 is 5.32 Å². The van der Waals surface area contributed by atoms with Crippen LogP contribution in [0.4, 0.5) is 9.18 Å². The summed E-state index contributed by atoms with van der Waals surface area (Å²) in [6.45, 7) is 5.58. The van der Waals surface area contributed by atoms with E-state index in [1.807, 2.05) is 0 Å². The van der Waals surface area contributed by atoms with Crippen LogP contribution in [0.2, 0.25) is 0 Å². The van der Waals surface area contributed by atoms with E-state index in [9.17, 15) is 14.0 Å². The highest BCUT2D eigenvalue weighted by molar-refractivity contribution is 5.71. The molecular formula is C13H17FN2O3. The van der Waals surface area contributed by atoms with Crippen molar-refractivity contribution in [2.45, 2.75) is 32.8 Å². The molecule has 1 heterocycles. The molecule has 0 bridgehead atoms. The third-order valence-electron chi connectivity index (χ3n) is 2.08. The summed E-state index contributed by atoms with van der Waals surface area (Å²) in [7, 11) is 0. The summed E-state index contributed by atoms with van der Waals surface area (Å²) in [5.41, 5.74) is 0.0651. The minimum absolute atomic E-state index is 0.0345. The molecule has 0 saturated carbocycles. The van der Waals surface area contributed by atoms with Crippen molar-refractivity contribution in [1.29, 1.82) is 0 Å². The Morgan fingerprint density at radius 2 is 2.16 bits per heavy atom. The molecule has 1 rings (SSSR count). The summed E-state index contributed by atoms with van der Waals surface area (Å²) in [6.07, 6.45) is 0.338. The minimum Gasteiger partial charge on any atom is -0.444 e. The van der Waals surface area contributed by atoms with Gasteiger partial charge in [-0.05, 0) is 44.9 Å². The number of amides is 1. The Morgan fingerprint density at radius 1 is 1.47 bits per heavy atom. The van der Waals surface area contributed by atoms with E-state index in [0.29, 0.717) is 18.3 Å². The number of nitrogens with one attached hydrogen (secondary N) is 1. The number of rotatable bonds is 4. The molecule has 0 aromatic carbocycles. The SMILES string of the molecule is CC(C)(C)OC(=O)NCCc1cc(F)nc(C=O)c1. The molecule has 0 aliphatic heterocycles. The maximum atomic E-state index is 13.0. The molecule has 19 heavy (non-hydrogen) atoms. The highest BCUT2D eigenvalue weighted by atomic mass is 19.1. The molecule has 5 nitrogen and oxygen atoms in total. The first-order valence-electron chi connectivity index (χ1n) is 5.88. The number of ether oxygens (including phenoxy) is 1. The van der Waals surface area contributed by atoms with Crippen LogP contribution >= 0.6 is 0 Å². The van der Waals surface area contributed by atoms with Crippen molar-refractivity contribution in [3.8, 4) is 0 Å².